The van der Waals surface area contributed by atoms with E-state index in [1.807, 2.05) is 0 Å². The van der Waals surface area contributed by atoms with Crippen LogP contribution in [0.15, 0.2) is 12.1 Å². The molecule has 1 aromatic rings. The average Bonchev–Trinajstić information content (AvgIpc) is 2.70. The second-order valence-corrected chi connectivity index (χ2v) is 11.7. The van der Waals surface area contributed by atoms with Crippen LogP contribution in [-0.2, 0) is 10.0 Å². The highest BCUT2D eigenvalue weighted by molar-refractivity contribution is 7.89. The molecule has 0 saturated heterocycles. The lowest BCUT2D eigenvalue weighted by atomic mass is 9.58. The Hall–Kier alpha value is -1.55. The van der Waals surface area contributed by atoms with Crippen LogP contribution in [0.4, 0.5) is 17.6 Å². The summed E-state index contributed by atoms with van der Waals surface area (Å²) in [7, 11) is -3.91. The fourth-order valence-corrected chi connectivity index (χ4v) is 6.50. The molecule has 4 fully saturated rings. The summed E-state index contributed by atoms with van der Waals surface area (Å²) in [6, 6.07) is 1.74. The maximum Gasteiger partial charge on any atom is 0.267 e. The summed E-state index contributed by atoms with van der Waals surface area (Å²) in [5.74, 6) is -2.43. The summed E-state index contributed by atoms with van der Waals surface area (Å²) in [5, 5.41) is -0.173. The monoisotopic (exact) mass is 483 g/mol. The molecular weight excluding hydrogens is 462 g/mol. The minimum atomic E-state index is -3.91. The largest absolute Gasteiger partial charge is 0.491 e. The van der Waals surface area contributed by atoms with E-state index < -0.39 is 49.7 Å². The highest BCUT2D eigenvalue weighted by atomic mass is 35.5. The zero-order valence-corrected chi connectivity index (χ0v) is 18.3. The lowest BCUT2D eigenvalue weighted by Crippen LogP contribution is -2.56. The number of carbonyl (C=O) groups is 1. The predicted molar refractivity (Wildman–Crippen MR) is 105 cm³/mol. The maximum atomic E-state index is 15.3. The molecule has 0 aliphatic heterocycles. The number of fused-ring (bicyclic) bond motifs is 1. The molecule has 31 heavy (non-hydrogen) atoms. The number of nitrogens with one attached hydrogen (secondary N) is 1. The Morgan fingerprint density at radius 2 is 1.65 bits per heavy atom. The van der Waals surface area contributed by atoms with Crippen LogP contribution in [0.1, 0.15) is 55.3 Å². The smallest absolute Gasteiger partial charge is 0.267 e. The molecule has 0 spiro atoms. The van der Waals surface area contributed by atoms with Crippen molar-refractivity contribution in [3.8, 4) is 5.75 Å². The molecule has 11 heteroatoms. The van der Waals surface area contributed by atoms with Gasteiger partial charge in [-0.1, -0.05) is 11.6 Å². The van der Waals surface area contributed by atoms with Gasteiger partial charge in [-0.25, -0.2) is 30.7 Å². The van der Waals surface area contributed by atoms with Crippen molar-refractivity contribution in [3.05, 3.63) is 28.5 Å². The van der Waals surface area contributed by atoms with Crippen LogP contribution >= 0.6 is 11.6 Å². The van der Waals surface area contributed by atoms with Crippen LogP contribution in [0.2, 0.25) is 5.02 Å². The van der Waals surface area contributed by atoms with Gasteiger partial charge in [-0.05, 0) is 31.7 Å². The maximum absolute atomic E-state index is 15.3. The van der Waals surface area contributed by atoms with Gasteiger partial charge in [-0.15, -0.1) is 0 Å². The third-order valence-electron chi connectivity index (χ3n) is 6.47. The molecule has 1 amide bonds. The highest BCUT2D eigenvalue weighted by Gasteiger charge is 2.66. The van der Waals surface area contributed by atoms with Gasteiger partial charge in [0.05, 0.1) is 23.4 Å². The van der Waals surface area contributed by atoms with E-state index in [0.29, 0.717) is 0 Å². The number of benzene rings is 1. The Morgan fingerprint density at radius 3 is 2.23 bits per heavy atom. The minimum absolute atomic E-state index is 0.0282. The second kappa shape index (κ2) is 6.97. The zero-order chi connectivity index (χ0) is 22.9. The van der Waals surface area contributed by atoms with Gasteiger partial charge in [0, 0.05) is 30.7 Å². The number of hydrogen-bond donors (Lipinski definition) is 1. The average molecular weight is 484 g/mol. The fraction of sp³-hybridized carbons (Fsp3) is 0.650. The van der Waals surface area contributed by atoms with Crippen LogP contribution in [0.3, 0.4) is 0 Å². The van der Waals surface area contributed by atoms with Crippen molar-refractivity contribution in [3.63, 3.8) is 0 Å². The second-order valence-electron chi connectivity index (χ2n) is 9.59. The molecule has 172 valence electrons. The first-order valence-electron chi connectivity index (χ1n) is 9.84. The Morgan fingerprint density at radius 1 is 1.06 bits per heavy atom. The molecule has 5 nitrogen and oxygen atoms in total. The van der Waals surface area contributed by atoms with Crippen molar-refractivity contribution in [1.82, 2.24) is 4.72 Å². The summed E-state index contributed by atoms with van der Waals surface area (Å²) in [4.78, 5) is 11.9. The van der Waals surface area contributed by atoms with Crippen molar-refractivity contribution >= 4 is 27.5 Å². The standard InChI is InChI=1S/C20H22ClF4NO4S/c1-31(28,29)26-16(27)12-4-13(21)15(5-14(12)22)30-11-17-2-3-18(23)8-19(24,6-17)10-20(25,7-17)9-18/h4-5H,2-3,6-11H2,1H3,(H,26,27). The fourth-order valence-electron chi connectivity index (χ4n) is 5.83. The van der Waals surface area contributed by atoms with Gasteiger partial charge in [0.25, 0.3) is 5.91 Å². The Labute approximate surface area is 182 Å². The Balaban J connectivity index is 1.56. The van der Waals surface area contributed by atoms with Crippen molar-refractivity contribution < 1.29 is 35.5 Å². The molecule has 1 N–H and O–H groups in total. The Bertz CT molecular complexity index is 1030. The molecule has 0 heterocycles. The molecule has 0 aromatic heterocycles. The van der Waals surface area contributed by atoms with Gasteiger partial charge in [0.2, 0.25) is 10.0 Å². The van der Waals surface area contributed by atoms with Gasteiger partial charge in [-0.3, -0.25) is 4.79 Å². The third kappa shape index (κ3) is 4.51. The van der Waals surface area contributed by atoms with Crippen LogP contribution in [0.5, 0.6) is 5.75 Å². The number of halogens is 5. The topological polar surface area (TPSA) is 72.5 Å². The summed E-state index contributed by atoms with van der Waals surface area (Å²) >= 11 is 6.08. The van der Waals surface area contributed by atoms with Gasteiger partial charge in [-0.2, -0.15) is 0 Å². The number of sulfonamides is 1. The summed E-state index contributed by atoms with van der Waals surface area (Å²) in [6.07, 6.45) is -0.0752. The number of carbonyl (C=O) groups excluding carboxylic acids is 1. The molecule has 4 bridgehead atoms. The van der Waals surface area contributed by atoms with E-state index in [2.05, 4.69) is 0 Å². The highest BCUT2D eigenvalue weighted by Crippen LogP contribution is 2.65. The molecule has 1 aromatic carbocycles. The summed E-state index contributed by atoms with van der Waals surface area (Å²) < 4.78 is 89.7. The predicted octanol–water partition coefficient (Wildman–Crippen LogP) is 4.43. The van der Waals surface area contributed by atoms with Crippen LogP contribution in [0.25, 0.3) is 0 Å². The molecule has 2 unspecified atom stereocenters. The van der Waals surface area contributed by atoms with Gasteiger partial charge < -0.3 is 4.74 Å². The molecule has 0 radical (unpaired) electrons. The van der Waals surface area contributed by atoms with Crippen LogP contribution in [-0.4, -0.2) is 44.2 Å². The number of ether oxygens (including phenoxy) is 1. The normalized spacial score (nSPS) is 36.8. The number of hydrogen-bond acceptors (Lipinski definition) is 4. The van der Waals surface area contributed by atoms with E-state index in [4.69, 9.17) is 16.3 Å². The zero-order valence-electron chi connectivity index (χ0n) is 16.7. The molecule has 2 atom stereocenters. The van der Waals surface area contributed by atoms with E-state index in [1.165, 1.54) is 0 Å². The van der Waals surface area contributed by atoms with Crippen molar-refractivity contribution in [2.45, 2.75) is 62.0 Å². The van der Waals surface area contributed by atoms with Crippen LogP contribution in [0, 0.1) is 11.2 Å². The summed E-state index contributed by atoms with van der Waals surface area (Å²) in [6.45, 7) is -0.186. The van der Waals surface area contributed by atoms with Gasteiger partial charge in [0.1, 0.15) is 28.6 Å². The minimum Gasteiger partial charge on any atom is -0.491 e. The quantitative estimate of drug-likeness (QED) is 0.629. The lowest BCUT2D eigenvalue weighted by molar-refractivity contribution is -0.137. The van der Waals surface area contributed by atoms with E-state index in [9.17, 15) is 17.6 Å². The molecular formula is C20H22ClF4NO4S. The molecule has 4 aliphatic carbocycles. The van der Waals surface area contributed by atoms with Crippen molar-refractivity contribution in [2.75, 3.05) is 12.9 Å². The van der Waals surface area contributed by atoms with Crippen LogP contribution < -0.4 is 9.46 Å². The van der Waals surface area contributed by atoms with Gasteiger partial charge in [0.15, 0.2) is 0 Å². The molecule has 4 aliphatic rings. The van der Waals surface area contributed by atoms with E-state index in [-0.39, 0.29) is 62.3 Å². The number of amides is 1. The first-order chi connectivity index (χ1) is 14.1. The Kier molecular flexibility index (Phi) is 5.09. The van der Waals surface area contributed by atoms with Gasteiger partial charge >= 0.3 is 0 Å². The van der Waals surface area contributed by atoms with E-state index in [0.717, 1.165) is 18.4 Å². The van der Waals surface area contributed by atoms with E-state index in [1.54, 1.807) is 4.72 Å². The molecule has 5 rings (SSSR count). The number of alkyl halides is 3. The number of rotatable bonds is 5. The van der Waals surface area contributed by atoms with E-state index >= 15 is 13.2 Å². The van der Waals surface area contributed by atoms with Crippen molar-refractivity contribution in [2.24, 2.45) is 5.41 Å². The lowest BCUT2D eigenvalue weighted by Gasteiger charge is -2.52. The first-order valence-corrected chi connectivity index (χ1v) is 12.1. The van der Waals surface area contributed by atoms with Crippen molar-refractivity contribution in [1.29, 1.82) is 0 Å². The third-order valence-corrected chi connectivity index (χ3v) is 7.32. The summed E-state index contributed by atoms with van der Waals surface area (Å²) in [5.41, 5.74) is -7.35. The first kappa shape index (κ1) is 22.6. The SMILES string of the molecule is CS(=O)(=O)NC(=O)c1cc(Cl)c(OCC23CCC4(F)CC(F)(CC(F)(C4)C2)C3)cc1F. The molecule has 4 saturated carbocycles.